The summed E-state index contributed by atoms with van der Waals surface area (Å²) in [5.41, 5.74) is 1.44. The fourth-order valence-corrected chi connectivity index (χ4v) is 1.50. The van der Waals surface area contributed by atoms with Crippen LogP contribution < -0.4 is 10.2 Å². The van der Waals surface area contributed by atoms with Gasteiger partial charge in [0.15, 0.2) is 0 Å². The van der Waals surface area contributed by atoms with Crippen LogP contribution in [0.2, 0.25) is 0 Å². The van der Waals surface area contributed by atoms with Gasteiger partial charge < -0.3 is 15.3 Å². The molecule has 84 valence electrons. The van der Waals surface area contributed by atoms with Gasteiger partial charge >= 0.3 is 0 Å². The Labute approximate surface area is 89.5 Å². The van der Waals surface area contributed by atoms with Crippen molar-refractivity contribution in [3.63, 3.8) is 0 Å². The molecule has 0 saturated carbocycles. The van der Waals surface area contributed by atoms with E-state index in [2.05, 4.69) is 5.32 Å². The molecule has 0 heterocycles. The lowest BCUT2D eigenvalue weighted by atomic mass is 10.1. The third-order valence-electron chi connectivity index (χ3n) is 2.23. The quantitative estimate of drug-likeness (QED) is 0.785. The predicted molar refractivity (Wildman–Crippen MR) is 59.6 cm³/mol. The van der Waals surface area contributed by atoms with E-state index in [1.165, 1.54) is 12.1 Å². The first-order valence-corrected chi connectivity index (χ1v) is 4.85. The summed E-state index contributed by atoms with van der Waals surface area (Å²) in [6.07, 6.45) is -0.692. The van der Waals surface area contributed by atoms with E-state index in [-0.39, 0.29) is 5.82 Å². The number of likely N-dealkylation sites (N-methyl/N-ethyl adjacent to an activating group) is 1. The standard InChI is InChI=1S/C11H17FN2O/c1-13-7-11(15)9-6-8(12)4-5-10(9)14(2)3/h4-6,11,13,15H,7H2,1-3H3. The second kappa shape index (κ2) is 5.09. The highest BCUT2D eigenvalue weighted by molar-refractivity contribution is 5.53. The van der Waals surface area contributed by atoms with Crippen molar-refractivity contribution in [1.29, 1.82) is 0 Å². The average molecular weight is 212 g/mol. The maximum absolute atomic E-state index is 13.1. The molecule has 3 nitrogen and oxygen atoms in total. The Bertz CT molecular complexity index is 328. The summed E-state index contributed by atoms with van der Waals surface area (Å²) < 4.78 is 13.1. The monoisotopic (exact) mass is 212 g/mol. The van der Waals surface area contributed by atoms with E-state index in [0.29, 0.717) is 12.1 Å². The number of hydrogen-bond donors (Lipinski definition) is 2. The van der Waals surface area contributed by atoms with Crippen molar-refractivity contribution in [2.24, 2.45) is 0 Å². The van der Waals surface area contributed by atoms with Crippen molar-refractivity contribution in [3.05, 3.63) is 29.6 Å². The first kappa shape index (κ1) is 11.9. The fraction of sp³-hybridized carbons (Fsp3) is 0.455. The molecule has 0 aliphatic heterocycles. The predicted octanol–water partition coefficient (Wildman–Crippen LogP) is 1.14. The van der Waals surface area contributed by atoms with Crippen LogP contribution in [-0.4, -0.2) is 32.8 Å². The maximum Gasteiger partial charge on any atom is 0.123 e. The van der Waals surface area contributed by atoms with Gasteiger partial charge in [-0.2, -0.15) is 0 Å². The molecule has 0 radical (unpaired) electrons. The van der Waals surface area contributed by atoms with Crippen molar-refractivity contribution in [3.8, 4) is 0 Å². The number of aliphatic hydroxyl groups is 1. The average Bonchev–Trinajstić information content (AvgIpc) is 2.17. The number of nitrogens with zero attached hydrogens (tertiary/aromatic N) is 1. The smallest absolute Gasteiger partial charge is 0.123 e. The number of halogens is 1. The highest BCUT2D eigenvalue weighted by Gasteiger charge is 2.13. The minimum absolute atomic E-state index is 0.328. The molecule has 4 heteroatoms. The van der Waals surface area contributed by atoms with Crippen LogP contribution in [0.15, 0.2) is 18.2 Å². The van der Waals surface area contributed by atoms with Gasteiger partial charge in [-0.05, 0) is 25.2 Å². The van der Waals surface area contributed by atoms with Crippen LogP contribution in [0, 0.1) is 5.82 Å². The van der Waals surface area contributed by atoms with Crippen molar-refractivity contribution >= 4 is 5.69 Å². The Balaban J connectivity index is 3.06. The lowest BCUT2D eigenvalue weighted by molar-refractivity contribution is 0.178. The molecule has 0 saturated heterocycles. The van der Waals surface area contributed by atoms with Gasteiger partial charge in [-0.25, -0.2) is 4.39 Å². The van der Waals surface area contributed by atoms with Crippen LogP contribution in [0.3, 0.4) is 0 Å². The molecule has 0 amide bonds. The van der Waals surface area contributed by atoms with Crippen LogP contribution in [0.4, 0.5) is 10.1 Å². The molecular weight excluding hydrogens is 195 g/mol. The number of rotatable bonds is 4. The van der Waals surface area contributed by atoms with Crippen LogP contribution in [0.25, 0.3) is 0 Å². The first-order chi connectivity index (χ1) is 7.06. The second-order valence-corrected chi connectivity index (χ2v) is 3.67. The SMILES string of the molecule is CNCC(O)c1cc(F)ccc1N(C)C. The summed E-state index contributed by atoms with van der Waals surface area (Å²) >= 11 is 0. The Kier molecular flexibility index (Phi) is 4.05. The van der Waals surface area contributed by atoms with E-state index in [0.717, 1.165) is 5.69 Å². The van der Waals surface area contributed by atoms with Crippen molar-refractivity contribution in [2.75, 3.05) is 32.6 Å². The van der Waals surface area contributed by atoms with Crippen molar-refractivity contribution in [2.45, 2.75) is 6.10 Å². The summed E-state index contributed by atoms with van der Waals surface area (Å²) in [6.45, 7) is 0.407. The molecule has 15 heavy (non-hydrogen) atoms. The Hall–Kier alpha value is -1.13. The van der Waals surface area contributed by atoms with Crippen LogP contribution in [-0.2, 0) is 0 Å². The Morgan fingerprint density at radius 1 is 1.47 bits per heavy atom. The molecule has 1 aromatic rings. The van der Waals surface area contributed by atoms with Crippen molar-refractivity contribution in [1.82, 2.24) is 5.32 Å². The summed E-state index contributed by atoms with van der Waals surface area (Å²) in [7, 11) is 5.48. The van der Waals surface area contributed by atoms with Gasteiger partial charge in [0.25, 0.3) is 0 Å². The lowest BCUT2D eigenvalue weighted by Gasteiger charge is -2.20. The van der Waals surface area contributed by atoms with Crippen LogP contribution in [0.5, 0.6) is 0 Å². The summed E-state index contributed by atoms with van der Waals surface area (Å²) in [4.78, 5) is 1.85. The van der Waals surface area contributed by atoms with E-state index in [1.807, 2.05) is 19.0 Å². The van der Waals surface area contributed by atoms with Gasteiger partial charge in [-0.3, -0.25) is 0 Å². The van der Waals surface area contributed by atoms with Gasteiger partial charge in [0.2, 0.25) is 0 Å². The first-order valence-electron chi connectivity index (χ1n) is 4.85. The van der Waals surface area contributed by atoms with E-state index in [9.17, 15) is 9.50 Å². The zero-order chi connectivity index (χ0) is 11.4. The molecule has 2 N–H and O–H groups in total. The summed E-state index contributed by atoms with van der Waals surface area (Å²) in [5.74, 6) is -0.328. The number of nitrogens with one attached hydrogen (secondary N) is 1. The zero-order valence-corrected chi connectivity index (χ0v) is 9.29. The number of aliphatic hydroxyl groups excluding tert-OH is 1. The second-order valence-electron chi connectivity index (χ2n) is 3.67. The summed E-state index contributed by atoms with van der Waals surface area (Å²) in [5, 5.41) is 12.7. The lowest BCUT2D eigenvalue weighted by Crippen LogP contribution is -2.20. The normalized spacial score (nSPS) is 12.6. The number of hydrogen-bond acceptors (Lipinski definition) is 3. The van der Waals surface area contributed by atoms with E-state index in [1.54, 1.807) is 13.1 Å². The topological polar surface area (TPSA) is 35.5 Å². The van der Waals surface area contributed by atoms with Gasteiger partial charge in [-0.15, -0.1) is 0 Å². The van der Waals surface area contributed by atoms with Gasteiger partial charge in [-0.1, -0.05) is 0 Å². The van der Waals surface area contributed by atoms with Crippen LogP contribution >= 0.6 is 0 Å². The Morgan fingerprint density at radius 3 is 2.67 bits per heavy atom. The minimum atomic E-state index is -0.692. The number of anilines is 1. The molecule has 1 rings (SSSR count). The molecule has 1 atom stereocenters. The van der Waals surface area contributed by atoms with Gasteiger partial charge in [0, 0.05) is 31.9 Å². The van der Waals surface area contributed by atoms with Gasteiger partial charge in [0.1, 0.15) is 5.82 Å². The van der Waals surface area contributed by atoms with E-state index in [4.69, 9.17) is 0 Å². The van der Waals surface area contributed by atoms with Crippen molar-refractivity contribution < 1.29 is 9.50 Å². The van der Waals surface area contributed by atoms with E-state index >= 15 is 0 Å². The molecule has 0 aliphatic carbocycles. The third-order valence-corrected chi connectivity index (χ3v) is 2.23. The molecule has 0 bridgehead atoms. The molecule has 1 unspecified atom stereocenters. The van der Waals surface area contributed by atoms with Gasteiger partial charge in [0.05, 0.1) is 6.10 Å². The molecule has 1 aromatic carbocycles. The molecule has 0 spiro atoms. The minimum Gasteiger partial charge on any atom is -0.387 e. The third kappa shape index (κ3) is 2.91. The fourth-order valence-electron chi connectivity index (χ4n) is 1.50. The Morgan fingerprint density at radius 2 is 2.13 bits per heavy atom. The zero-order valence-electron chi connectivity index (χ0n) is 9.29. The number of benzene rings is 1. The molecular formula is C11H17FN2O. The molecule has 0 aromatic heterocycles. The molecule has 0 aliphatic rings. The highest BCUT2D eigenvalue weighted by atomic mass is 19.1. The molecule has 0 fully saturated rings. The van der Waals surface area contributed by atoms with Crippen LogP contribution in [0.1, 0.15) is 11.7 Å². The summed E-state index contributed by atoms with van der Waals surface area (Å²) in [6, 6.07) is 4.44. The van der Waals surface area contributed by atoms with E-state index < -0.39 is 6.10 Å². The maximum atomic E-state index is 13.1. The highest BCUT2D eigenvalue weighted by Crippen LogP contribution is 2.25. The largest absolute Gasteiger partial charge is 0.387 e.